The zero-order valence-electron chi connectivity index (χ0n) is 14.1. The topological polar surface area (TPSA) is 84.9 Å². The molecule has 26 heavy (non-hydrogen) atoms. The summed E-state index contributed by atoms with van der Waals surface area (Å²) >= 11 is 5.86. The number of nitrogens with zero attached hydrogens (tertiary/aromatic N) is 1. The third kappa shape index (κ3) is 3.86. The lowest BCUT2D eigenvalue weighted by Gasteiger charge is -2.28. The SMILES string of the molecule is C[C@@H](C(=O)Nc1ccc2c(c1)OCO2)N(c1ccc(Cl)cc1)S(C)(=O)=O. The molecule has 0 unspecified atom stereocenters. The van der Waals surface area contributed by atoms with E-state index in [9.17, 15) is 13.2 Å². The first-order valence-electron chi connectivity index (χ1n) is 7.71. The minimum Gasteiger partial charge on any atom is -0.454 e. The quantitative estimate of drug-likeness (QED) is 0.839. The molecule has 0 saturated heterocycles. The van der Waals surface area contributed by atoms with Gasteiger partial charge in [-0.2, -0.15) is 0 Å². The molecular formula is C17H17ClN2O5S. The number of anilines is 2. The molecule has 0 saturated carbocycles. The van der Waals surface area contributed by atoms with Crippen molar-refractivity contribution in [3.05, 3.63) is 47.5 Å². The van der Waals surface area contributed by atoms with Crippen molar-refractivity contribution in [3.63, 3.8) is 0 Å². The molecule has 9 heteroatoms. The lowest BCUT2D eigenvalue weighted by molar-refractivity contribution is -0.116. The summed E-state index contributed by atoms with van der Waals surface area (Å²) in [5, 5.41) is 3.17. The molecule has 138 valence electrons. The Bertz CT molecular complexity index is 931. The molecule has 1 atom stereocenters. The maximum atomic E-state index is 12.6. The summed E-state index contributed by atoms with van der Waals surface area (Å²) in [5.41, 5.74) is 0.834. The molecule has 2 aromatic carbocycles. The van der Waals surface area contributed by atoms with Crippen LogP contribution in [0.5, 0.6) is 11.5 Å². The average molecular weight is 397 g/mol. The van der Waals surface area contributed by atoms with Crippen LogP contribution in [-0.2, 0) is 14.8 Å². The molecule has 2 aromatic rings. The Labute approximate surface area is 156 Å². The van der Waals surface area contributed by atoms with E-state index in [4.69, 9.17) is 21.1 Å². The van der Waals surface area contributed by atoms with E-state index >= 15 is 0 Å². The van der Waals surface area contributed by atoms with Crippen molar-refractivity contribution in [2.24, 2.45) is 0 Å². The molecular weight excluding hydrogens is 380 g/mol. The smallest absolute Gasteiger partial charge is 0.247 e. The fourth-order valence-corrected chi connectivity index (χ4v) is 3.92. The van der Waals surface area contributed by atoms with Crippen LogP contribution in [0.4, 0.5) is 11.4 Å². The number of amides is 1. The number of carbonyl (C=O) groups is 1. The minimum absolute atomic E-state index is 0.127. The molecule has 0 spiro atoms. The van der Waals surface area contributed by atoms with Crippen molar-refractivity contribution in [3.8, 4) is 11.5 Å². The maximum Gasteiger partial charge on any atom is 0.247 e. The molecule has 0 aliphatic carbocycles. The molecule has 1 N–H and O–H groups in total. The van der Waals surface area contributed by atoms with Gasteiger partial charge in [0.05, 0.1) is 11.9 Å². The number of fused-ring (bicyclic) bond motifs is 1. The van der Waals surface area contributed by atoms with Gasteiger partial charge in [0, 0.05) is 16.8 Å². The van der Waals surface area contributed by atoms with E-state index in [1.165, 1.54) is 6.92 Å². The third-order valence-corrected chi connectivity index (χ3v) is 5.30. The van der Waals surface area contributed by atoms with Gasteiger partial charge in [-0.3, -0.25) is 9.10 Å². The standard InChI is InChI=1S/C17H17ClN2O5S/c1-11(20(26(2,22)23)14-6-3-12(18)4-7-14)17(21)19-13-5-8-15-16(9-13)25-10-24-15/h3-9,11H,10H2,1-2H3,(H,19,21)/t11-/m0/s1. The van der Waals surface area contributed by atoms with Crippen molar-refractivity contribution in [2.75, 3.05) is 22.7 Å². The Kier molecular flexibility index (Phi) is 4.97. The minimum atomic E-state index is -3.69. The van der Waals surface area contributed by atoms with Crippen LogP contribution in [-0.4, -0.2) is 33.4 Å². The first kappa shape index (κ1) is 18.3. The largest absolute Gasteiger partial charge is 0.454 e. The van der Waals surface area contributed by atoms with Gasteiger partial charge in [-0.05, 0) is 43.3 Å². The van der Waals surface area contributed by atoms with Crippen LogP contribution in [0.25, 0.3) is 0 Å². The Hall–Kier alpha value is -2.45. The number of nitrogens with one attached hydrogen (secondary N) is 1. The van der Waals surface area contributed by atoms with E-state index < -0.39 is 22.0 Å². The Balaban J connectivity index is 1.83. The maximum absolute atomic E-state index is 12.6. The monoisotopic (exact) mass is 396 g/mol. The molecule has 3 rings (SSSR count). The van der Waals surface area contributed by atoms with E-state index in [0.717, 1.165) is 10.6 Å². The van der Waals surface area contributed by atoms with Crippen LogP contribution < -0.4 is 19.1 Å². The number of sulfonamides is 1. The van der Waals surface area contributed by atoms with Crippen molar-refractivity contribution in [2.45, 2.75) is 13.0 Å². The second kappa shape index (κ2) is 7.05. The van der Waals surface area contributed by atoms with Gasteiger partial charge < -0.3 is 14.8 Å². The second-order valence-electron chi connectivity index (χ2n) is 5.77. The predicted molar refractivity (Wildman–Crippen MR) is 99.4 cm³/mol. The van der Waals surface area contributed by atoms with Crippen LogP contribution in [0.3, 0.4) is 0 Å². The molecule has 7 nitrogen and oxygen atoms in total. The lowest BCUT2D eigenvalue weighted by atomic mass is 10.2. The van der Waals surface area contributed by atoms with Gasteiger partial charge in [0.25, 0.3) is 0 Å². The average Bonchev–Trinajstić information content (AvgIpc) is 3.03. The summed E-state index contributed by atoms with van der Waals surface area (Å²) in [6, 6.07) is 10.2. The van der Waals surface area contributed by atoms with E-state index in [1.807, 2.05) is 0 Å². The summed E-state index contributed by atoms with van der Waals surface area (Å²) in [5.74, 6) is 0.632. The summed E-state index contributed by atoms with van der Waals surface area (Å²) in [4.78, 5) is 12.6. The Morgan fingerprint density at radius 1 is 1.15 bits per heavy atom. The fraction of sp³-hybridized carbons (Fsp3) is 0.235. The highest BCUT2D eigenvalue weighted by molar-refractivity contribution is 7.92. The zero-order chi connectivity index (χ0) is 18.9. The molecule has 0 radical (unpaired) electrons. The highest BCUT2D eigenvalue weighted by Gasteiger charge is 2.29. The molecule has 1 aliphatic rings. The molecule has 1 aliphatic heterocycles. The van der Waals surface area contributed by atoms with E-state index in [-0.39, 0.29) is 6.79 Å². The van der Waals surface area contributed by atoms with Gasteiger partial charge in [-0.25, -0.2) is 8.42 Å². The van der Waals surface area contributed by atoms with Crippen LogP contribution in [0, 0.1) is 0 Å². The van der Waals surface area contributed by atoms with Crippen molar-refractivity contribution >= 4 is 38.9 Å². The molecule has 0 aromatic heterocycles. The molecule has 1 heterocycles. The number of halogens is 1. The highest BCUT2D eigenvalue weighted by atomic mass is 35.5. The zero-order valence-corrected chi connectivity index (χ0v) is 15.7. The molecule has 0 fully saturated rings. The number of hydrogen-bond donors (Lipinski definition) is 1. The van der Waals surface area contributed by atoms with Crippen molar-refractivity contribution in [1.29, 1.82) is 0 Å². The van der Waals surface area contributed by atoms with Crippen molar-refractivity contribution in [1.82, 2.24) is 0 Å². The third-order valence-electron chi connectivity index (χ3n) is 3.81. The highest BCUT2D eigenvalue weighted by Crippen LogP contribution is 2.34. The van der Waals surface area contributed by atoms with E-state index in [2.05, 4.69) is 5.32 Å². The summed E-state index contributed by atoms with van der Waals surface area (Å²) < 4.78 is 36.0. The van der Waals surface area contributed by atoms with E-state index in [1.54, 1.807) is 42.5 Å². The molecule has 1 amide bonds. The van der Waals surface area contributed by atoms with Gasteiger partial charge in [0.15, 0.2) is 11.5 Å². The first-order chi connectivity index (χ1) is 12.3. The van der Waals surface area contributed by atoms with Gasteiger partial charge in [-0.1, -0.05) is 11.6 Å². The van der Waals surface area contributed by atoms with Crippen LogP contribution >= 0.6 is 11.6 Å². The number of hydrogen-bond acceptors (Lipinski definition) is 5. The number of rotatable bonds is 5. The van der Waals surface area contributed by atoms with Crippen LogP contribution in [0.1, 0.15) is 6.92 Å². The van der Waals surface area contributed by atoms with E-state index in [0.29, 0.717) is 27.9 Å². The second-order valence-corrected chi connectivity index (χ2v) is 8.06. The van der Waals surface area contributed by atoms with Gasteiger partial charge in [0.2, 0.25) is 22.7 Å². The van der Waals surface area contributed by atoms with Gasteiger partial charge in [-0.15, -0.1) is 0 Å². The first-order valence-corrected chi connectivity index (χ1v) is 9.94. The van der Waals surface area contributed by atoms with Crippen molar-refractivity contribution < 1.29 is 22.7 Å². The number of carbonyl (C=O) groups excluding carboxylic acids is 1. The Morgan fingerprint density at radius 3 is 2.46 bits per heavy atom. The normalized spacial score (nSPS) is 14.0. The summed E-state index contributed by atoms with van der Waals surface area (Å²) in [6.07, 6.45) is 1.05. The summed E-state index contributed by atoms with van der Waals surface area (Å²) in [6.45, 7) is 1.64. The van der Waals surface area contributed by atoms with Gasteiger partial charge >= 0.3 is 0 Å². The summed E-state index contributed by atoms with van der Waals surface area (Å²) in [7, 11) is -3.69. The predicted octanol–water partition coefficient (Wildman–Crippen LogP) is 2.86. The van der Waals surface area contributed by atoms with Crippen LogP contribution in [0.15, 0.2) is 42.5 Å². The Morgan fingerprint density at radius 2 is 1.81 bits per heavy atom. The number of ether oxygens (including phenoxy) is 2. The molecule has 0 bridgehead atoms. The lowest BCUT2D eigenvalue weighted by Crippen LogP contribution is -2.45. The van der Waals surface area contributed by atoms with Gasteiger partial charge in [0.1, 0.15) is 6.04 Å². The van der Waals surface area contributed by atoms with Crippen LogP contribution in [0.2, 0.25) is 5.02 Å². The number of benzene rings is 2. The fourth-order valence-electron chi connectivity index (χ4n) is 2.62.